The zero-order chi connectivity index (χ0) is 11.9. The Balaban J connectivity index is 4.40. The number of ether oxygens (including phenoxy) is 1. The number of nitrogens with zero attached hydrogens (tertiary/aromatic N) is 1. The average Bonchev–Trinajstić information content (AvgIpc) is 2.23. The molecule has 0 bridgehead atoms. The summed E-state index contributed by atoms with van der Waals surface area (Å²) in [7, 11) is 1.63. The lowest BCUT2D eigenvalue weighted by Gasteiger charge is -2.30. The molecule has 0 spiro atoms. The lowest BCUT2D eigenvalue weighted by Crippen LogP contribution is -2.44. The molecule has 2 N–H and O–H groups in total. The third-order valence-corrected chi connectivity index (χ3v) is 2.71. The van der Waals surface area contributed by atoms with Crippen LogP contribution >= 0.6 is 0 Å². The molecule has 0 aliphatic rings. The Labute approximate surface area is 92.8 Å². The Morgan fingerprint density at radius 1 is 1.40 bits per heavy atom. The molecule has 0 heterocycles. The van der Waals surface area contributed by atoms with Crippen molar-refractivity contribution < 1.29 is 9.53 Å². The number of amides is 1. The fourth-order valence-electron chi connectivity index (χ4n) is 1.25. The summed E-state index contributed by atoms with van der Waals surface area (Å²) in [6.45, 7) is 8.23. The van der Waals surface area contributed by atoms with Gasteiger partial charge >= 0.3 is 0 Å². The molecular formula is C11H24N2O2. The van der Waals surface area contributed by atoms with Crippen LogP contribution in [0.1, 0.15) is 27.2 Å². The van der Waals surface area contributed by atoms with Crippen LogP contribution < -0.4 is 5.73 Å². The summed E-state index contributed by atoms with van der Waals surface area (Å²) in [5.74, 6) is 0.160. The Kier molecular flexibility index (Phi) is 6.52. The fraction of sp³-hybridized carbons (Fsp3) is 0.909. The zero-order valence-corrected chi connectivity index (χ0v) is 10.4. The highest BCUT2D eigenvalue weighted by Crippen LogP contribution is 2.22. The van der Waals surface area contributed by atoms with E-state index in [-0.39, 0.29) is 11.3 Å². The molecule has 0 aliphatic carbocycles. The van der Waals surface area contributed by atoms with E-state index in [4.69, 9.17) is 10.5 Å². The van der Waals surface area contributed by atoms with E-state index < -0.39 is 0 Å². The SMILES string of the molecule is CCC(C)(C)C(=O)N(CCN)CCOC. The molecule has 90 valence electrons. The van der Waals surface area contributed by atoms with E-state index in [0.29, 0.717) is 26.2 Å². The maximum atomic E-state index is 12.1. The molecule has 0 radical (unpaired) electrons. The first-order chi connectivity index (χ1) is 6.99. The van der Waals surface area contributed by atoms with Gasteiger partial charge in [-0.05, 0) is 6.42 Å². The quantitative estimate of drug-likeness (QED) is 0.686. The van der Waals surface area contributed by atoms with E-state index in [0.717, 1.165) is 6.42 Å². The molecule has 4 heteroatoms. The van der Waals surface area contributed by atoms with Gasteiger partial charge in [0.25, 0.3) is 0 Å². The van der Waals surface area contributed by atoms with Gasteiger partial charge < -0.3 is 15.4 Å². The number of methoxy groups -OCH3 is 1. The van der Waals surface area contributed by atoms with Crippen molar-refractivity contribution in [3.63, 3.8) is 0 Å². The van der Waals surface area contributed by atoms with E-state index in [1.165, 1.54) is 0 Å². The first-order valence-electron chi connectivity index (χ1n) is 5.48. The smallest absolute Gasteiger partial charge is 0.228 e. The number of nitrogens with two attached hydrogens (primary N) is 1. The van der Waals surface area contributed by atoms with Crippen LogP contribution in [0.4, 0.5) is 0 Å². The molecule has 0 aliphatic heterocycles. The van der Waals surface area contributed by atoms with Crippen molar-refractivity contribution in [1.82, 2.24) is 4.90 Å². The average molecular weight is 216 g/mol. The van der Waals surface area contributed by atoms with Crippen LogP contribution in [0.15, 0.2) is 0 Å². The monoisotopic (exact) mass is 216 g/mol. The Bertz CT molecular complexity index is 193. The van der Waals surface area contributed by atoms with Crippen LogP contribution in [0.25, 0.3) is 0 Å². The molecular weight excluding hydrogens is 192 g/mol. The summed E-state index contributed by atoms with van der Waals surface area (Å²) < 4.78 is 4.98. The summed E-state index contributed by atoms with van der Waals surface area (Å²) in [6, 6.07) is 0. The second kappa shape index (κ2) is 6.80. The van der Waals surface area contributed by atoms with Crippen LogP contribution in [0, 0.1) is 5.41 Å². The standard InChI is InChI=1S/C11H24N2O2/c1-5-11(2,3)10(14)13(7-6-12)8-9-15-4/h5-9,12H2,1-4H3. The normalized spacial score (nSPS) is 11.5. The van der Waals surface area contributed by atoms with E-state index in [1.807, 2.05) is 20.8 Å². The highest BCUT2D eigenvalue weighted by molar-refractivity contribution is 5.81. The van der Waals surface area contributed by atoms with Gasteiger partial charge in [0.05, 0.1) is 6.61 Å². The second-order valence-corrected chi connectivity index (χ2v) is 4.31. The number of carbonyl (C=O) groups excluding carboxylic acids is 1. The molecule has 0 aromatic rings. The second-order valence-electron chi connectivity index (χ2n) is 4.31. The van der Waals surface area contributed by atoms with Crippen LogP contribution in [0.3, 0.4) is 0 Å². The van der Waals surface area contributed by atoms with Gasteiger partial charge in [0, 0.05) is 32.2 Å². The largest absolute Gasteiger partial charge is 0.383 e. The van der Waals surface area contributed by atoms with Crippen LogP contribution in [0.2, 0.25) is 0 Å². The van der Waals surface area contributed by atoms with Gasteiger partial charge in [0.15, 0.2) is 0 Å². The summed E-state index contributed by atoms with van der Waals surface area (Å²) >= 11 is 0. The van der Waals surface area contributed by atoms with Crippen molar-refractivity contribution in [3.05, 3.63) is 0 Å². The van der Waals surface area contributed by atoms with Crippen LogP contribution in [0.5, 0.6) is 0 Å². The third-order valence-electron chi connectivity index (χ3n) is 2.71. The highest BCUT2D eigenvalue weighted by Gasteiger charge is 2.29. The summed E-state index contributed by atoms with van der Waals surface area (Å²) in [5, 5.41) is 0. The van der Waals surface area contributed by atoms with E-state index in [2.05, 4.69) is 0 Å². The Morgan fingerprint density at radius 3 is 2.40 bits per heavy atom. The van der Waals surface area contributed by atoms with Crippen molar-refractivity contribution >= 4 is 5.91 Å². The number of rotatable bonds is 7. The molecule has 0 unspecified atom stereocenters. The molecule has 0 aromatic carbocycles. The molecule has 15 heavy (non-hydrogen) atoms. The molecule has 0 fully saturated rings. The van der Waals surface area contributed by atoms with Gasteiger partial charge in [-0.25, -0.2) is 0 Å². The van der Waals surface area contributed by atoms with E-state index in [1.54, 1.807) is 12.0 Å². The van der Waals surface area contributed by atoms with Crippen molar-refractivity contribution in [1.29, 1.82) is 0 Å². The molecule has 0 saturated carbocycles. The minimum absolute atomic E-state index is 0.160. The van der Waals surface area contributed by atoms with Gasteiger partial charge in [0.1, 0.15) is 0 Å². The molecule has 1 amide bonds. The van der Waals surface area contributed by atoms with Gasteiger partial charge in [0.2, 0.25) is 5.91 Å². The highest BCUT2D eigenvalue weighted by atomic mass is 16.5. The lowest BCUT2D eigenvalue weighted by atomic mass is 9.88. The van der Waals surface area contributed by atoms with Crippen LogP contribution in [-0.2, 0) is 9.53 Å². The fourth-order valence-corrected chi connectivity index (χ4v) is 1.25. The molecule has 0 atom stereocenters. The van der Waals surface area contributed by atoms with Crippen molar-refractivity contribution in [2.24, 2.45) is 11.1 Å². The van der Waals surface area contributed by atoms with Gasteiger partial charge in [-0.3, -0.25) is 4.79 Å². The minimum Gasteiger partial charge on any atom is -0.383 e. The predicted molar refractivity (Wildman–Crippen MR) is 61.6 cm³/mol. The third kappa shape index (κ3) is 4.62. The summed E-state index contributed by atoms with van der Waals surface area (Å²) in [5.41, 5.74) is 5.19. The van der Waals surface area contributed by atoms with Crippen molar-refractivity contribution in [2.75, 3.05) is 33.4 Å². The number of hydrogen-bond acceptors (Lipinski definition) is 3. The van der Waals surface area contributed by atoms with Gasteiger partial charge in [-0.15, -0.1) is 0 Å². The van der Waals surface area contributed by atoms with Crippen molar-refractivity contribution in [2.45, 2.75) is 27.2 Å². The maximum Gasteiger partial charge on any atom is 0.228 e. The lowest BCUT2D eigenvalue weighted by molar-refractivity contribution is -0.141. The van der Waals surface area contributed by atoms with E-state index >= 15 is 0 Å². The Hall–Kier alpha value is -0.610. The minimum atomic E-state index is -0.303. The summed E-state index contributed by atoms with van der Waals surface area (Å²) in [4.78, 5) is 13.9. The van der Waals surface area contributed by atoms with Crippen LogP contribution in [-0.4, -0.2) is 44.2 Å². The number of hydrogen-bond donors (Lipinski definition) is 1. The molecule has 0 rings (SSSR count). The van der Waals surface area contributed by atoms with Gasteiger partial charge in [-0.1, -0.05) is 20.8 Å². The maximum absolute atomic E-state index is 12.1. The molecule has 0 aromatic heterocycles. The predicted octanol–water partition coefficient (Wildman–Crippen LogP) is 0.856. The summed E-state index contributed by atoms with van der Waals surface area (Å²) in [6.07, 6.45) is 0.833. The topological polar surface area (TPSA) is 55.6 Å². The zero-order valence-electron chi connectivity index (χ0n) is 10.4. The number of carbonyl (C=O) groups is 1. The Morgan fingerprint density at radius 2 is 2.00 bits per heavy atom. The van der Waals surface area contributed by atoms with E-state index in [9.17, 15) is 4.79 Å². The first kappa shape index (κ1) is 14.4. The first-order valence-corrected chi connectivity index (χ1v) is 5.48. The molecule has 4 nitrogen and oxygen atoms in total. The van der Waals surface area contributed by atoms with Crippen molar-refractivity contribution in [3.8, 4) is 0 Å². The van der Waals surface area contributed by atoms with Gasteiger partial charge in [-0.2, -0.15) is 0 Å². The molecule has 0 saturated heterocycles.